The van der Waals surface area contributed by atoms with Gasteiger partial charge < -0.3 is 5.32 Å². The van der Waals surface area contributed by atoms with Crippen molar-refractivity contribution in [2.24, 2.45) is 0 Å². The number of rotatable bonds is 4. The Balaban J connectivity index is 1.56. The molecule has 20 heavy (non-hydrogen) atoms. The van der Waals surface area contributed by atoms with Crippen LogP contribution in [-0.2, 0) is 23.6 Å². The zero-order valence-corrected chi connectivity index (χ0v) is 13.1. The summed E-state index contributed by atoms with van der Waals surface area (Å²) < 4.78 is 12.0. The zero-order chi connectivity index (χ0) is 13.9. The Morgan fingerprint density at radius 3 is 2.50 bits per heavy atom. The quantitative estimate of drug-likeness (QED) is 0.924. The fourth-order valence-corrected chi connectivity index (χ4v) is 5.13. The predicted octanol–water partition coefficient (Wildman–Crippen LogP) is 2.82. The summed E-state index contributed by atoms with van der Waals surface area (Å²) in [5.41, 5.74) is 3.02. The molecule has 0 radical (unpaired) electrons. The summed E-state index contributed by atoms with van der Waals surface area (Å²) >= 11 is 0. The maximum Gasteiger partial charge on any atom is 0.0362 e. The van der Waals surface area contributed by atoms with Crippen molar-refractivity contribution >= 4 is 10.8 Å². The third-order valence-corrected chi connectivity index (χ3v) is 6.55. The lowest BCUT2D eigenvalue weighted by molar-refractivity contribution is 0.342. The molecule has 0 heterocycles. The van der Waals surface area contributed by atoms with Gasteiger partial charge in [-0.1, -0.05) is 37.6 Å². The van der Waals surface area contributed by atoms with Crippen LogP contribution in [0.5, 0.6) is 0 Å². The minimum Gasteiger partial charge on any atom is -0.311 e. The Bertz CT molecular complexity index is 463. The van der Waals surface area contributed by atoms with Crippen molar-refractivity contribution < 1.29 is 4.21 Å². The molecule has 3 rings (SSSR count). The van der Waals surface area contributed by atoms with Crippen molar-refractivity contribution in [2.45, 2.75) is 62.8 Å². The molecular formula is C17H25NOS. The van der Waals surface area contributed by atoms with Crippen molar-refractivity contribution in [3.63, 3.8) is 0 Å². The molecule has 110 valence electrons. The van der Waals surface area contributed by atoms with E-state index in [2.05, 4.69) is 29.6 Å². The van der Waals surface area contributed by atoms with Gasteiger partial charge in [0.25, 0.3) is 0 Å². The van der Waals surface area contributed by atoms with E-state index in [9.17, 15) is 4.21 Å². The van der Waals surface area contributed by atoms with Gasteiger partial charge in [0.1, 0.15) is 0 Å². The summed E-state index contributed by atoms with van der Waals surface area (Å²) in [4.78, 5) is 0. The lowest BCUT2D eigenvalue weighted by atomic mass is 9.94. The molecule has 0 aromatic heterocycles. The number of benzene rings is 1. The zero-order valence-electron chi connectivity index (χ0n) is 12.3. The van der Waals surface area contributed by atoms with Crippen molar-refractivity contribution in [1.82, 2.24) is 5.32 Å². The van der Waals surface area contributed by atoms with E-state index >= 15 is 0 Å². The second kappa shape index (κ2) is 6.40. The summed E-state index contributed by atoms with van der Waals surface area (Å²) in [5, 5.41) is 4.27. The fraction of sp³-hybridized carbons (Fsp3) is 0.647. The molecule has 2 nitrogen and oxygen atoms in total. The third-order valence-electron chi connectivity index (χ3n) is 4.80. The monoisotopic (exact) mass is 291 g/mol. The van der Waals surface area contributed by atoms with E-state index in [0.29, 0.717) is 17.3 Å². The second-order valence-corrected chi connectivity index (χ2v) is 8.20. The largest absolute Gasteiger partial charge is 0.311 e. The van der Waals surface area contributed by atoms with Gasteiger partial charge in [0.15, 0.2) is 0 Å². The van der Waals surface area contributed by atoms with Crippen molar-refractivity contribution in [3.05, 3.63) is 35.4 Å². The van der Waals surface area contributed by atoms with E-state index in [1.54, 1.807) is 0 Å². The molecule has 1 fully saturated rings. The molecule has 0 aliphatic heterocycles. The molecule has 3 atom stereocenters. The van der Waals surface area contributed by atoms with Gasteiger partial charge in [-0.05, 0) is 43.2 Å². The van der Waals surface area contributed by atoms with Gasteiger partial charge in [-0.3, -0.25) is 4.21 Å². The highest BCUT2D eigenvalue weighted by Gasteiger charge is 2.29. The van der Waals surface area contributed by atoms with Crippen LogP contribution in [0.2, 0.25) is 0 Å². The van der Waals surface area contributed by atoms with Crippen LogP contribution in [0.4, 0.5) is 0 Å². The van der Waals surface area contributed by atoms with Crippen molar-refractivity contribution in [1.29, 1.82) is 0 Å². The predicted molar refractivity (Wildman–Crippen MR) is 85.5 cm³/mol. The van der Waals surface area contributed by atoms with Gasteiger partial charge >= 0.3 is 0 Å². The Labute approximate surface area is 124 Å². The van der Waals surface area contributed by atoms with E-state index < -0.39 is 10.8 Å². The molecule has 0 bridgehead atoms. The molecule has 1 aromatic carbocycles. The molecule has 0 saturated heterocycles. The molecule has 3 heteroatoms. The summed E-state index contributed by atoms with van der Waals surface area (Å²) in [6, 6.07) is 9.96. The van der Waals surface area contributed by atoms with E-state index in [-0.39, 0.29) is 0 Å². The van der Waals surface area contributed by atoms with Crippen LogP contribution < -0.4 is 5.32 Å². The molecule has 1 N–H and O–H groups in total. The maximum atomic E-state index is 12.0. The Morgan fingerprint density at radius 2 is 1.85 bits per heavy atom. The van der Waals surface area contributed by atoms with Crippen molar-refractivity contribution in [2.75, 3.05) is 5.75 Å². The minimum atomic E-state index is -0.617. The van der Waals surface area contributed by atoms with Crippen LogP contribution in [0.25, 0.3) is 0 Å². The summed E-state index contributed by atoms with van der Waals surface area (Å²) in [6.45, 7) is 2.04. The molecule has 0 amide bonds. The van der Waals surface area contributed by atoms with Gasteiger partial charge in [-0.25, -0.2) is 0 Å². The first-order valence-electron chi connectivity index (χ1n) is 7.96. The van der Waals surface area contributed by atoms with Crippen LogP contribution in [0, 0.1) is 0 Å². The van der Waals surface area contributed by atoms with Crippen LogP contribution in [0.15, 0.2) is 24.3 Å². The Morgan fingerprint density at radius 1 is 1.15 bits per heavy atom. The van der Waals surface area contributed by atoms with E-state index in [0.717, 1.165) is 31.4 Å². The lowest BCUT2D eigenvalue weighted by Crippen LogP contribution is -2.43. The topological polar surface area (TPSA) is 29.1 Å². The highest BCUT2D eigenvalue weighted by atomic mass is 32.2. The SMILES string of the molecule is CC[S@@](=O)[C@@H]1CCC[C@H](NC2Cc3ccccc3C2)C1. The molecule has 0 unspecified atom stereocenters. The summed E-state index contributed by atoms with van der Waals surface area (Å²) in [6.07, 6.45) is 7.07. The van der Waals surface area contributed by atoms with Crippen LogP contribution in [0.1, 0.15) is 43.7 Å². The van der Waals surface area contributed by atoms with E-state index in [1.807, 2.05) is 6.92 Å². The second-order valence-electron chi connectivity index (χ2n) is 6.20. The number of hydrogen-bond acceptors (Lipinski definition) is 2. The average molecular weight is 291 g/mol. The smallest absolute Gasteiger partial charge is 0.0362 e. The molecule has 1 saturated carbocycles. The first-order chi connectivity index (χ1) is 9.76. The van der Waals surface area contributed by atoms with E-state index in [1.165, 1.54) is 24.0 Å². The van der Waals surface area contributed by atoms with Crippen LogP contribution in [0.3, 0.4) is 0 Å². The van der Waals surface area contributed by atoms with Gasteiger partial charge in [0.2, 0.25) is 0 Å². The van der Waals surface area contributed by atoms with Gasteiger partial charge in [-0.2, -0.15) is 0 Å². The molecule has 2 aliphatic carbocycles. The van der Waals surface area contributed by atoms with Crippen LogP contribution >= 0.6 is 0 Å². The van der Waals surface area contributed by atoms with Crippen molar-refractivity contribution in [3.8, 4) is 0 Å². The molecule has 1 aromatic rings. The van der Waals surface area contributed by atoms with Crippen LogP contribution in [-0.4, -0.2) is 27.3 Å². The first kappa shape index (κ1) is 14.3. The summed E-state index contributed by atoms with van der Waals surface area (Å²) in [7, 11) is -0.617. The highest BCUT2D eigenvalue weighted by Crippen LogP contribution is 2.26. The fourth-order valence-electron chi connectivity index (χ4n) is 3.78. The Hall–Kier alpha value is -0.670. The first-order valence-corrected chi connectivity index (χ1v) is 9.34. The number of fused-ring (bicyclic) bond motifs is 1. The number of nitrogens with one attached hydrogen (secondary N) is 1. The normalized spacial score (nSPS) is 28.2. The number of hydrogen-bond donors (Lipinski definition) is 1. The highest BCUT2D eigenvalue weighted by molar-refractivity contribution is 7.85. The van der Waals surface area contributed by atoms with Gasteiger partial charge in [0.05, 0.1) is 0 Å². The molecule has 0 spiro atoms. The van der Waals surface area contributed by atoms with Gasteiger partial charge in [0, 0.05) is 33.9 Å². The van der Waals surface area contributed by atoms with Gasteiger partial charge in [-0.15, -0.1) is 0 Å². The average Bonchev–Trinajstić information content (AvgIpc) is 2.88. The molecule has 2 aliphatic rings. The Kier molecular flexibility index (Phi) is 4.57. The summed E-state index contributed by atoms with van der Waals surface area (Å²) in [5.74, 6) is 0.812. The third kappa shape index (κ3) is 3.15. The standard InChI is InChI=1S/C17H25NOS/c1-2-20(19)17-9-5-8-15(12-17)18-16-10-13-6-3-4-7-14(13)11-16/h3-4,6-7,15-18H,2,5,8-12H2,1H3/t15-,17+,20+/m0/s1. The van der Waals surface area contributed by atoms with E-state index in [4.69, 9.17) is 0 Å². The lowest BCUT2D eigenvalue weighted by Gasteiger charge is -2.31. The maximum absolute atomic E-state index is 12.0. The molecular weight excluding hydrogens is 266 g/mol. The minimum absolute atomic E-state index is 0.426.